The van der Waals surface area contributed by atoms with Gasteiger partial charge in [0, 0.05) is 17.6 Å². The van der Waals surface area contributed by atoms with Gasteiger partial charge < -0.3 is 16.0 Å². The summed E-state index contributed by atoms with van der Waals surface area (Å²) in [5.74, 6) is 1.46. The van der Waals surface area contributed by atoms with E-state index in [1.54, 1.807) is 30.7 Å². The predicted molar refractivity (Wildman–Crippen MR) is 134 cm³/mol. The minimum atomic E-state index is -0.572. The van der Waals surface area contributed by atoms with Gasteiger partial charge in [0.15, 0.2) is 11.6 Å². The van der Waals surface area contributed by atoms with E-state index >= 15 is 0 Å². The highest BCUT2D eigenvalue weighted by molar-refractivity contribution is 6.31. The molecule has 2 amide bonds. The number of amides is 2. The molecule has 36 heavy (non-hydrogen) atoms. The first-order chi connectivity index (χ1) is 17.2. The summed E-state index contributed by atoms with van der Waals surface area (Å²) in [7, 11) is 1.84. The van der Waals surface area contributed by atoms with Crippen molar-refractivity contribution in [3.05, 3.63) is 81.1 Å². The van der Waals surface area contributed by atoms with Gasteiger partial charge in [-0.1, -0.05) is 23.2 Å². The summed E-state index contributed by atoms with van der Waals surface area (Å²) in [6, 6.07) is 9.44. The van der Waals surface area contributed by atoms with Crippen LogP contribution in [0.1, 0.15) is 28.9 Å². The molecule has 13 heteroatoms. The van der Waals surface area contributed by atoms with Gasteiger partial charge in [-0.25, -0.2) is 28.5 Å². The van der Waals surface area contributed by atoms with Crippen molar-refractivity contribution >= 4 is 29.2 Å². The van der Waals surface area contributed by atoms with Crippen molar-refractivity contribution in [1.82, 2.24) is 45.5 Å². The van der Waals surface area contributed by atoms with Crippen LogP contribution in [0, 0.1) is 19.7 Å². The third-order valence-electron chi connectivity index (χ3n) is 5.16. The number of hydrogen-bond donors (Lipinski definition) is 3. The van der Waals surface area contributed by atoms with E-state index in [0.717, 1.165) is 11.3 Å². The van der Waals surface area contributed by atoms with E-state index in [-0.39, 0.29) is 18.1 Å². The number of nitrogens with zero attached hydrogens (tertiary/aromatic N) is 6. The van der Waals surface area contributed by atoms with Crippen molar-refractivity contribution in [2.45, 2.75) is 33.5 Å². The molecular formula is C23H24Cl2FN9O. The van der Waals surface area contributed by atoms with Crippen molar-refractivity contribution in [1.29, 1.82) is 0 Å². The van der Waals surface area contributed by atoms with E-state index in [0.29, 0.717) is 40.6 Å². The predicted octanol–water partition coefficient (Wildman–Crippen LogP) is 3.63. The van der Waals surface area contributed by atoms with Crippen molar-refractivity contribution in [3.63, 3.8) is 0 Å². The van der Waals surface area contributed by atoms with Crippen LogP contribution in [0.5, 0.6) is 0 Å². The van der Waals surface area contributed by atoms with E-state index in [1.807, 2.05) is 19.2 Å². The van der Waals surface area contributed by atoms with Gasteiger partial charge in [-0.05, 0) is 56.8 Å². The standard InChI is InChI=1S/C23H24Cl2FN9O/c1-13-30-21(34(32-13)16-4-6-18(24)15(8-16)10-27-3)11-28-23(36)29-12-22-31-14(2)33-35(22)17-5-7-19(25)20(26)9-17/h4-9,27H,10-12H2,1-3H3,(H2,28,29,36). The second-order valence-electron chi connectivity index (χ2n) is 7.91. The van der Waals surface area contributed by atoms with Crippen LogP contribution in [0.3, 0.4) is 0 Å². The van der Waals surface area contributed by atoms with Crippen LogP contribution in [0.25, 0.3) is 11.4 Å². The molecule has 0 aliphatic rings. The Kier molecular flexibility index (Phi) is 7.82. The summed E-state index contributed by atoms with van der Waals surface area (Å²) in [6.07, 6.45) is 0. The van der Waals surface area contributed by atoms with Crippen LogP contribution in [0.15, 0.2) is 36.4 Å². The van der Waals surface area contributed by atoms with Gasteiger partial charge in [-0.3, -0.25) is 0 Å². The molecule has 4 rings (SSSR count). The number of aryl methyl sites for hydroxylation is 2. The third-order valence-corrected chi connectivity index (χ3v) is 5.84. The molecular weight excluding hydrogens is 508 g/mol. The molecule has 0 aliphatic carbocycles. The Morgan fingerprint density at radius 3 is 1.92 bits per heavy atom. The van der Waals surface area contributed by atoms with Crippen molar-refractivity contribution < 1.29 is 9.18 Å². The average Bonchev–Trinajstić information content (AvgIpc) is 3.41. The number of nitrogens with one attached hydrogen (secondary N) is 3. The molecule has 2 aromatic carbocycles. The highest BCUT2D eigenvalue weighted by Crippen LogP contribution is 2.21. The van der Waals surface area contributed by atoms with Crippen LogP contribution in [-0.4, -0.2) is 42.6 Å². The zero-order chi connectivity index (χ0) is 25.8. The maximum atomic E-state index is 13.9. The van der Waals surface area contributed by atoms with Gasteiger partial charge >= 0.3 is 6.03 Å². The molecule has 0 spiro atoms. The maximum Gasteiger partial charge on any atom is 0.315 e. The van der Waals surface area contributed by atoms with Crippen molar-refractivity contribution in [2.24, 2.45) is 0 Å². The number of hydrogen-bond acceptors (Lipinski definition) is 6. The SMILES string of the molecule is CNCc1cc(-n2nc(C)nc2CNC(=O)NCc2nc(C)nn2-c2ccc(Cl)c(F)c2)ccc1Cl. The zero-order valence-corrected chi connectivity index (χ0v) is 21.3. The quantitative estimate of drug-likeness (QED) is 0.320. The maximum absolute atomic E-state index is 13.9. The second kappa shape index (κ2) is 11.0. The largest absolute Gasteiger partial charge is 0.331 e. The van der Waals surface area contributed by atoms with Gasteiger partial charge in [-0.2, -0.15) is 10.2 Å². The average molecular weight is 532 g/mol. The third kappa shape index (κ3) is 5.81. The Balaban J connectivity index is 1.43. The molecule has 0 aliphatic heterocycles. The molecule has 10 nitrogen and oxygen atoms in total. The fourth-order valence-corrected chi connectivity index (χ4v) is 3.88. The summed E-state index contributed by atoms with van der Waals surface area (Å²) in [4.78, 5) is 21.3. The second-order valence-corrected chi connectivity index (χ2v) is 8.73. The van der Waals surface area contributed by atoms with Crippen LogP contribution >= 0.6 is 23.2 Å². The van der Waals surface area contributed by atoms with Gasteiger partial charge in [0.25, 0.3) is 0 Å². The molecule has 0 saturated carbocycles. The Morgan fingerprint density at radius 2 is 1.39 bits per heavy atom. The topological polar surface area (TPSA) is 115 Å². The van der Waals surface area contributed by atoms with Gasteiger partial charge in [-0.15, -0.1) is 0 Å². The molecule has 0 unspecified atom stereocenters. The summed E-state index contributed by atoms with van der Waals surface area (Å²) in [6.45, 7) is 4.28. The van der Waals surface area contributed by atoms with Crippen LogP contribution in [0.2, 0.25) is 10.0 Å². The minimum absolute atomic E-state index is 0.00887. The summed E-state index contributed by atoms with van der Waals surface area (Å²) >= 11 is 12.1. The van der Waals surface area contributed by atoms with E-state index in [9.17, 15) is 9.18 Å². The monoisotopic (exact) mass is 531 g/mol. The lowest BCUT2D eigenvalue weighted by molar-refractivity contribution is 0.239. The molecule has 3 N–H and O–H groups in total. The van der Waals surface area contributed by atoms with E-state index in [4.69, 9.17) is 23.2 Å². The van der Waals surface area contributed by atoms with Crippen LogP contribution in [0.4, 0.5) is 9.18 Å². The lowest BCUT2D eigenvalue weighted by Crippen LogP contribution is -2.36. The molecule has 2 aromatic heterocycles. The number of carbonyl (C=O) groups excluding carboxylic acids is 1. The Morgan fingerprint density at radius 1 is 0.861 bits per heavy atom. The lowest BCUT2D eigenvalue weighted by atomic mass is 10.2. The molecule has 0 radical (unpaired) electrons. The van der Waals surface area contributed by atoms with Gasteiger partial charge in [0.05, 0.1) is 29.5 Å². The number of halogens is 3. The number of aromatic nitrogens is 6. The van der Waals surface area contributed by atoms with E-state index in [1.165, 1.54) is 16.8 Å². The minimum Gasteiger partial charge on any atom is -0.331 e. The molecule has 0 atom stereocenters. The first-order valence-corrected chi connectivity index (χ1v) is 11.8. The summed E-state index contributed by atoms with van der Waals surface area (Å²) in [5.41, 5.74) is 2.14. The molecule has 188 valence electrons. The zero-order valence-electron chi connectivity index (χ0n) is 19.8. The highest BCUT2D eigenvalue weighted by atomic mass is 35.5. The van der Waals surface area contributed by atoms with Crippen molar-refractivity contribution in [2.75, 3.05) is 7.05 Å². The van der Waals surface area contributed by atoms with E-state index in [2.05, 4.69) is 36.1 Å². The smallest absolute Gasteiger partial charge is 0.315 e. The summed E-state index contributed by atoms with van der Waals surface area (Å²) < 4.78 is 17.0. The molecule has 0 saturated heterocycles. The van der Waals surface area contributed by atoms with E-state index < -0.39 is 11.8 Å². The van der Waals surface area contributed by atoms with Gasteiger partial charge in [0.1, 0.15) is 17.5 Å². The fourth-order valence-electron chi connectivity index (χ4n) is 3.58. The molecule has 0 fully saturated rings. The molecule has 4 aromatic rings. The van der Waals surface area contributed by atoms with Gasteiger partial charge in [0.2, 0.25) is 0 Å². The normalized spacial score (nSPS) is 11.1. The number of carbonyl (C=O) groups is 1. The highest BCUT2D eigenvalue weighted by Gasteiger charge is 2.15. The van der Waals surface area contributed by atoms with Crippen LogP contribution in [-0.2, 0) is 19.6 Å². The Hall–Kier alpha value is -3.54. The van der Waals surface area contributed by atoms with Crippen molar-refractivity contribution in [3.8, 4) is 11.4 Å². The number of benzene rings is 2. The first-order valence-electron chi connectivity index (χ1n) is 11.0. The Bertz CT molecular complexity index is 1400. The fraction of sp³-hybridized carbons (Fsp3) is 0.261. The number of urea groups is 1. The first kappa shape index (κ1) is 25.5. The summed E-state index contributed by atoms with van der Waals surface area (Å²) in [5, 5.41) is 18.0. The molecule has 0 bridgehead atoms. The number of rotatable bonds is 8. The lowest BCUT2D eigenvalue weighted by Gasteiger charge is -2.11. The Labute approximate surface area is 216 Å². The van der Waals surface area contributed by atoms with Crippen LogP contribution < -0.4 is 16.0 Å². The molecule has 2 heterocycles.